The molecule has 3 aromatic rings. The zero-order valence-electron chi connectivity index (χ0n) is 17.4. The van der Waals surface area contributed by atoms with Crippen molar-refractivity contribution in [1.82, 2.24) is 20.1 Å². The van der Waals surface area contributed by atoms with Gasteiger partial charge in [0.25, 0.3) is 6.43 Å². The van der Waals surface area contributed by atoms with Crippen molar-refractivity contribution in [2.45, 2.75) is 38.5 Å². The van der Waals surface area contributed by atoms with E-state index in [9.17, 15) is 18.7 Å². The summed E-state index contributed by atoms with van der Waals surface area (Å²) >= 11 is 5.89. The summed E-state index contributed by atoms with van der Waals surface area (Å²) in [6.45, 7) is 3.02. The lowest BCUT2D eigenvalue weighted by atomic mass is 10.2. The number of anilines is 2. The van der Waals surface area contributed by atoms with E-state index in [-0.39, 0.29) is 24.3 Å². The van der Waals surface area contributed by atoms with Gasteiger partial charge in [0.05, 0.1) is 6.10 Å². The smallest absolute Gasteiger partial charge is 0.416 e. The number of hydrogen-bond donors (Lipinski definition) is 2. The van der Waals surface area contributed by atoms with E-state index in [1.165, 1.54) is 6.92 Å². The Balaban J connectivity index is 1.60. The van der Waals surface area contributed by atoms with Crippen molar-refractivity contribution in [2.24, 2.45) is 0 Å². The fourth-order valence-corrected chi connectivity index (χ4v) is 3.32. The lowest BCUT2D eigenvalue weighted by Gasteiger charge is -2.23. The van der Waals surface area contributed by atoms with E-state index in [4.69, 9.17) is 20.9 Å². The van der Waals surface area contributed by atoms with Crippen molar-refractivity contribution in [1.29, 1.82) is 0 Å². The lowest BCUT2D eigenvalue weighted by molar-refractivity contribution is 0.142. The molecule has 0 bridgehead atoms. The van der Waals surface area contributed by atoms with Gasteiger partial charge in [0.2, 0.25) is 17.7 Å². The van der Waals surface area contributed by atoms with Gasteiger partial charge in [-0.15, -0.1) is 0 Å². The molecular weight excluding hydrogens is 462 g/mol. The molecule has 4 rings (SSSR count). The summed E-state index contributed by atoms with van der Waals surface area (Å²) in [6, 6.07) is 6.37. The number of nitrogens with zero attached hydrogens (tertiary/aromatic N) is 5. The molecule has 3 atom stereocenters. The Morgan fingerprint density at radius 1 is 1.21 bits per heavy atom. The topological polar surface area (TPSA) is 127 Å². The molecule has 1 aliphatic heterocycles. The molecule has 33 heavy (non-hydrogen) atoms. The fraction of sp³-hybridized carbons (Fsp3) is 0.350. The highest BCUT2D eigenvalue weighted by atomic mass is 35.5. The second-order valence-electron chi connectivity index (χ2n) is 7.36. The maximum absolute atomic E-state index is 13.5. The van der Waals surface area contributed by atoms with E-state index in [0.717, 1.165) is 11.0 Å². The number of carbonyl (C=O) groups excluding carboxylic acids is 1. The molecule has 2 aromatic heterocycles. The van der Waals surface area contributed by atoms with Crippen LogP contribution < -0.4 is 10.2 Å². The molecule has 0 spiro atoms. The molecule has 0 unspecified atom stereocenters. The minimum atomic E-state index is -2.92. The number of ether oxygens (including phenoxy) is 1. The van der Waals surface area contributed by atoms with E-state index in [0.29, 0.717) is 16.4 Å². The molecule has 1 aliphatic rings. The first-order valence-electron chi connectivity index (χ1n) is 9.90. The Kier molecular flexibility index (Phi) is 6.38. The first-order chi connectivity index (χ1) is 15.7. The summed E-state index contributed by atoms with van der Waals surface area (Å²) in [5, 5.41) is 17.3. The van der Waals surface area contributed by atoms with Gasteiger partial charge in [-0.05, 0) is 38.1 Å². The second kappa shape index (κ2) is 9.24. The molecule has 1 aromatic carbocycles. The number of rotatable bonds is 7. The third-order valence-corrected chi connectivity index (χ3v) is 5.18. The first-order valence-corrected chi connectivity index (χ1v) is 10.3. The number of aromatic nitrogens is 4. The number of carbonyl (C=O) groups is 1. The highest BCUT2D eigenvalue weighted by Gasteiger charge is 2.39. The number of alkyl halides is 2. The van der Waals surface area contributed by atoms with E-state index in [2.05, 4.69) is 25.4 Å². The number of nitrogens with one attached hydrogen (secondary N) is 1. The standard InChI is InChI=1S/C20H19ClF2N6O4/c1-9(18-27-17(28-33-18)11-3-5-12(21)6-4-11)24-19-25-13(16(22)23)7-15(26-19)29-14(10(2)30)8-32-20(29)31/h3-7,9-10,14,16,30H,8H2,1-2H3,(H,24,25,26)/t9-,10+,14+/m0/s1. The van der Waals surface area contributed by atoms with Gasteiger partial charge < -0.3 is 19.7 Å². The van der Waals surface area contributed by atoms with Gasteiger partial charge >= 0.3 is 6.09 Å². The van der Waals surface area contributed by atoms with Crippen molar-refractivity contribution in [2.75, 3.05) is 16.8 Å². The van der Waals surface area contributed by atoms with Crippen LogP contribution in [0.2, 0.25) is 5.02 Å². The molecule has 0 radical (unpaired) electrons. The fourth-order valence-electron chi connectivity index (χ4n) is 3.19. The summed E-state index contributed by atoms with van der Waals surface area (Å²) < 4.78 is 37.2. The van der Waals surface area contributed by atoms with Crippen LogP contribution in [-0.4, -0.2) is 50.1 Å². The van der Waals surface area contributed by atoms with Crippen LogP contribution in [0, 0.1) is 0 Å². The largest absolute Gasteiger partial charge is 0.447 e. The van der Waals surface area contributed by atoms with E-state index >= 15 is 0 Å². The van der Waals surface area contributed by atoms with Gasteiger partial charge in [0, 0.05) is 16.7 Å². The highest BCUT2D eigenvalue weighted by Crippen LogP contribution is 2.29. The maximum Gasteiger partial charge on any atom is 0.416 e. The third-order valence-electron chi connectivity index (χ3n) is 4.93. The van der Waals surface area contributed by atoms with Crippen LogP contribution in [0.25, 0.3) is 11.4 Å². The molecule has 2 N–H and O–H groups in total. The van der Waals surface area contributed by atoms with Crippen molar-refractivity contribution >= 4 is 29.5 Å². The van der Waals surface area contributed by atoms with Crippen molar-refractivity contribution in [3.05, 3.63) is 46.9 Å². The summed E-state index contributed by atoms with van der Waals surface area (Å²) in [5.74, 6) is 0.161. The van der Waals surface area contributed by atoms with Gasteiger partial charge in [-0.2, -0.15) is 9.97 Å². The Morgan fingerprint density at radius 3 is 2.61 bits per heavy atom. The zero-order valence-corrected chi connectivity index (χ0v) is 18.2. The Hall–Kier alpha value is -3.38. The van der Waals surface area contributed by atoms with E-state index < -0.39 is 36.4 Å². The van der Waals surface area contributed by atoms with Crippen LogP contribution in [-0.2, 0) is 4.74 Å². The summed E-state index contributed by atoms with van der Waals surface area (Å²) in [6.07, 6.45) is -4.70. The predicted octanol–water partition coefficient (Wildman–Crippen LogP) is 4.00. The van der Waals surface area contributed by atoms with Crippen LogP contribution >= 0.6 is 11.6 Å². The van der Waals surface area contributed by atoms with Crippen molar-refractivity contribution in [3.8, 4) is 11.4 Å². The SMILES string of the molecule is C[C@H](Nc1nc(C(F)F)cc(N2C(=O)OC[C@@H]2[C@@H](C)O)n1)c1nc(-c2ccc(Cl)cc2)no1. The average molecular weight is 481 g/mol. The van der Waals surface area contributed by atoms with Gasteiger partial charge in [-0.3, -0.25) is 4.90 Å². The molecule has 1 fully saturated rings. The molecule has 3 heterocycles. The van der Waals surface area contributed by atoms with Crippen LogP contribution in [0.3, 0.4) is 0 Å². The molecule has 0 saturated carbocycles. The number of hydrogen-bond acceptors (Lipinski definition) is 9. The number of aliphatic hydroxyl groups is 1. The number of cyclic esters (lactones) is 1. The average Bonchev–Trinajstić information content (AvgIpc) is 3.41. The molecule has 0 aliphatic carbocycles. The third kappa shape index (κ3) is 4.86. The Morgan fingerprint density at radius 2 is 1.94 bits per heavy atom. The summed E-state index contributed by atoms with van der Waals surface area (Å²) in [5.41, 5.74) is 0.0719. The number of amides is 1. The van der Waals surface area contributed by atoms with Gasteiger partial charge in [0.15, 0.2) is 0 Å². The molecule has 13 heteroatoms. The van der Waals surface area contributed by atoms with Gasteiger partial charge in [-0.25, -0.2) is 18.6 Å². The van der Waals surface area contributed by atoms with Gasteiger partial charge in [-0.1, -0.05) is 16.8 Å². The monoisotopic (exact) mass is 480 g/mol. The van der Waals surface area contributed by atoms with E-state index in [1.54, 1.807) is 31.2 Å². The predicted molar refractivity (Wildman–Crippen MR) is 113 cm³/mol. The van der Waals surface area contributed by atoms with Crippen molar-refractivity contribution < 1.29 is 27.9 Å². The maximum atomic E-state index is 13.5. The zero-order chi connectivity index (χ0) is 23.7. The summed E-state index contributed by atoms with van der Waals surface area (Å²) in [7, 11) is 0. The van der Waals surface area contributed by atoms with Crippen molar-refractivity contribution in [3.63, 3.8) is 0 Å². The molecule has 10 nitrogen and oxygen atoms in total. The van der Waals surface area contributed by atoms with Crippen LogP contribution in [0.1, 0.15) is 37.9 Å². The van der Waals surface area contributed by atoms with Gasteiger partial charge in [0.1, 0.15) is 30.2 Å². The molecule has 1 saturated heterocycles. The first kappa shape index (κ1) is 22.8. The number of aliphatic hydroxyl groups excluding tert-OH is 1. The number of benzene rings is 1. The highest BCUT2D eigenvalue weighted by molar-refractivity contribution is 6.30. The molecule has 174 valence electrons. The second-order valence-corrected chi connectivity index (χ2v) is 7.80. The summed E-state index contributed by atoms with van der Waals surface area (Å²) in [4.78, 5) is 25.5. The normalized spacial score (nSPS) is 17.8. The Labute approximate surface area is 191 Å². The van der Waals surface area contributed by atoms with Crippen LogP contribution in [0.15, 0.2) is 34.9 Å². The van der Waals surface area contributed by atoms with Crippen LogP contribution in [0.4, 0.5) is 25.3 Å². The minimum Gasteiger partial charge on any atom is -0.447 e. The van der Waals surface area contributed by atoms with E-state index in [1.807, 2.05) is 0 Å². The number of halogens is 3. The Bertz CT molecular complexity index is 1140. The molecular formula is C20H19ClF2N6O4. The quantitative estimate of drug-likeness (QED) is 0.515. The molecule has 1 amide bonds. The van der Waals surface area contributed by atoms with Crippen LogP contribution in [0.5, 0.6) is 0 Å². The minimum absolute atomic E-state index is 0.0981. The lowest BCUT2D eigenvalue weighted by Crippen LogP contribution is -2.41.